The average molecular weight is 282 g/mol. The standard InChI is InChI=1S/C14H16ClNO3/c1-8(2)5-12(14(18)19)16-11-4-3-10(15)6-9(11)7-13(16)17/h3-4,6,8,12H,5,7H2,1-2H3,(H,18,19). The summed E-state index contributed by atoms with van der Waals surface area (Å²) in [5.41, 5.74) is 1.47. The van der Waals surface area contributed by atoms with E-state index in [0.29, 0.717) is 17.1 Å². The molecule has 2 rings (SSSR count). The Balaban J connectivity index is 2.39. The molecule has 0 bridgehead atoms. The second-order valence-electron chi connectivity index (χ2n) is 5.20. The van der Waals surface area contributed by atoms with Gasteiger partial charge in [-0.1, -0.05) is 25.4 Å². The van der Waals surface area contributed by atoms with Crippen LogP contribution >= 0.6 is 11.6 Å². The highest BCUT2D eigenvalue weighted by Crippen LogP contribution is 2.34. The van der Waals surface area contributed by atoms with Gasteiger partial charge in [-0.15, -0.1) is 0 Å². The van der Waals surface area contributed by atoms with E-state index < -0.39 is 12.0 Å². The summed E-state index contributed by atoms with van der Waals surface area (Å²) in [7, 11) is 0. The molecule has 0 fully saturated rings. The van der Waals surface area contributed by atoms with Crippen molar-refractivity contribution in [1.82, 2.24) is 0 Å². The molecule has 1 atom stereocenters. The first-order chi connectivity index (χ1) is 8.90. The van der Waals surface area contributed by atoms with Gasteiger partial charge in [0.2, 0.25) is 5.91 Å². The molecule has 0 spiro atoms. The summed E-state index contributed by atoms with van der Waals surface area (Å²) >= 11 is 5.90. The van der Waals surface area contributed by atoms with Crippen LogP contribution in [-0.4, -0.2) is 23.0 Å². The van der Waals surface area contributed by atoms with Crippen molar-refractivity contribution in [3.63, 3.8) is 0 Å². The van der Waals surface area contributed by atoms with Crippen LogP contribution in [0.3, 0.4) is 0 Å². The maximum atomic E-state index is 12.1. The van der Waals surface area contributed by atoms with E-state index in [1.807, 2.05) is 13.8 Å². The van der Waals surface area contributed by atoms with E-state index in [2.05, 4.69) is 0 Å². The molecule has 0 radical (unpaired) electrons. The molecule has 1 aliphatic rings. The van der Waals surface area contributed by atoms with Gasteiger partial charge in [-0.25, -0.2) is 4.79 Å². The van der Waals surface area contributed by atoms with Gasteiger partial charge in [-0.05, 0) is 36.1 Å². The summed E-state index contributed by atoms with van der Waals surface area (Å²) in [4.78, 5) is 24.9. The third-order valence-corrected chi connectivity index (χ3v) is 3.44. The summed E-state index contributed by atoms with van der Waals surface area (Å²) in [5, 5.41) is 9.92. The molecule has 0 saturated carbocycles. The van der Waals surface area contributed by atoms with E-state index in [9.17, 15) is 14.7 Å². The van der Waals surface area contributed by atoms with Crippen molar-refractivity contribution in [2.75, 3.05) is 4.90 Å². The number of halogens is 1. The highest BCUT2D eigenvalue weighted by atomic mass is 35.5. The van der Waals surface area contributed by atoms with Crippen LogP contribution in [0.15, 0.2) is 18.2 Å². The quantitative estimate of drug-likeness (QED) is 0.923. The van der Waals surface area contributed by atoms with Gasteiger partial charge in [0.25, 0.3) is 0 Å². The molecule has 0 aromatic heterocycles. The van der Waals surface area contributed by atoms with E-state index in [0.717, 1.165) is 5.56 Å². The molecule has 1 unspecified atom stereocenters. The molecule has 1 amide bonds. The molecule has 5 heteroatoms. The zero-order valence-corrected chi connectivity index (χ0v) is 11.6. The smallest absolute Gasteiger partial charge is 0.326 e. The van der Waals surface area contributed by atoms with Crippen LogP contribution < -0.4 is 4.90 Å². The number of carbonyl (C=O) groups excluding carboxylic acids is 1. The number of amides is 1. The number of anilines is 1. The van der Waals surface area contributed by atoms with Gasteiger partial charge in [-0.2, -0.15) is 0 Å². The molecule has 0 saturated heterocycles. The number of rotatable bonds is 4. The lowest BCUT2D eigenvalue weighted by Gasteiger charge is -2.26. The van der Waals surface area contributed by atoms with Gasteiger partial charge in [0.1, 0.15) is 6.04 Å². The van der Waals surface area contributed by atoms with Crippen LogP contribution in [0.4, 0.5) is 5.69 Å². The van der Waals surface area contributed by atoms with Crippen molar-refractivity contribution in [3.8, 4) is 0 Å². The van der Waals surface area contributed by atoms with E-state index >= 15 is 0 Å². The average Bonchev–Trinajstić information content (AvgIpc) is 2.60. The van der Waals surface area contributed by atoms with Crippen LogP contribution in [0.25, 0.3) is 0 Å². The van der Waals surface area contributed by atoms with Gasteiger partial charge in [0.15, 0.2) is 0 Å². The summed E-state index contributed by atoms with van der Waals surface area (Å²) in [5.74, 6) is -0.944. The number of hydrogen-bond donors (Lipinski definition) is 1. The summed E-state index contributed by atoms with van der Waals surface area (Å²) in [6, 6.07) is 4.32. The van der Waals surface area contributed by atoms with Crippen molar-refractivity contribution in [3.05, 3.63) is 28.8 Å². The number of nitrogens with zero attached hydrogens (tertiary/aromatic N) is 1. The number of carboxylic acids is 1. The van der Waals surface area contributed by atoms with Gasteiger partial charge in [-0.3, -0.25) is 9.69 Å². The van der Waals surface area contributed by atoms with Gasteiger partial charge in [0.05, 0.1) is 6.42 Å². The Labute approximate surface area is 117 Å². The van der Waals surface area contributed by atoms with E-state index in [1.165, 1.54) is 4.90 Å². The van der Waals surface area contributed by atoms with Crippen molar-refractivity contribution >= 4 is 29.2 Å². The normalized spacial score (nSPS) is 15.8. The number of carbonyl (C=O) groups is 2. The van der Waals surface area contributed by atoms with Gasteiger partial charge >= 0.3 is 5.97 Å². The molecule has 102 valence electrons. The number of fused-ring (bicyclic) bond motifs is 1. The Morgan fingerprint density at radius 3 is 2.74 bits per heavy atom. The van der Waals surface area contributed by atoms with Gasteiger partial charge < -0.3 is 5.11 Å². The van der Waals surface area contributed by atoms with Crippen LogP contribution in [0.1, 0.15) is 25.8 Å². The predicted octanol–water partition coefficient (Wildman–Crippen LogP) is 2.73. The Kier molecular flexibility index (Phi) is 3.80. The predicted molar refractivity (Wildman–Crippen MR) is 73.5 cm³/mol. The fourth-order valence-corrected chi connectivity index (χ4v) is 2.61. The molecule has 1 aliphatic heterocycles. The first-order valence-electron chi connectivity index (χ1n) is 6.23. The fourth-order valence-electron chi connectivity index (χ4n) is 2.42. The van der Waals surface area contributed by atoms with Crippen LogP contribution in [0, 0.1) is 5.92 Å². The van der Waals surface area contributed by atoms with Crippen LogP contribution in [-0.2, 0) is 16.0 Å². The zero-order valence-electron chi connectivity index (χ0n) is 10.9. The molecule has 0 aliphatic carbocycles. The Morgan fingerprint density at radius 2 is 2.16 bits per heavy atom. The maximum absolute atomic E-state index is 12.1. The van der Waals surface area contributed by atoms with Crippen LogP contribution in [0.2, 0.25) is 5.02 Å². The lowest BCUT2D eigenvalue weighted by atomic mass is 10.0. The van der Waals surface area contributed by atoms with Crippen molar-refractivity contribution in [2.45, 2.75) is 32.7 Å². The molecular formula is C14H16ClNO3. The summed E-state index contributed by atoms with van der Waals surface area (Å²) in [6.45, 7) is 3.89. The first-order valence-corrected chi connectivity index (χ1v) is 6.61. The monoisotopic (exact) mass is 281 g/mol. The number of hydrogen-bond acceptors (Lipinski definition) is 2. The summed E-state index contributed by atoms with van der Waals surface area (Å²) < 4.78 is 0. The lowest BCUT2D eigenvalue weighted by Crippen LogP contribution is -2.44. The number of aliphatic carboxylic acids is 1. The third kappa shape index (κ3) is 2.73. The Morgan fingerprint density at radius 1 is 1.47 bits per heavy atom. The van der Waals surface area contributed by atoms with Gasteiger partial charge in [0, 0.05) is 10.7 Å². The Hall–Kier alpha value is -1.55. The van der Waals surface area contributed by atoms with E-state index in [1.54, 1.807) is 18.2 Å². The van der Waals surface area contributed by atoms with Crippen molar-refractivity contribution in [1.29, 1.82) is 0 Å². The molecule has 1 N–H and O–H groups in total. The van der Waals surface area contributed by atoms with E-state index in [4.69, 9.17) is 11.6 Å². The second kappa shape index (κ2) is 5.21. The minimum absolute atomic E-state index is 0.176. The lowest BCUT2D eigenvalue weighted by molar-refractivity contribution is -0.140. The van der Waals surface area contributed by atoms with Crippen molar-refractivity contribution < 1.29 is 14.7 Å². The zero-order chi connectivity index (χ0) is 14.2. The third-order valence-electron chi connectivity index (χ3n) is 3.20. The molecule has 4 nitrogen and oxygen atoms in total. The van der Waals surface area contributed by atoms with Crippen LogP contribution in [0.5, 0.6) is 0 Å². The second-order valence-corrected chi connectivity index (χ2v) is 5.63. The topological polar surface area (TPSA) is 57.6 Å². The molecular weight excluding hydrogens is 266 g/mol. The summed E-state index contributed by atoms with van der Waals surface area (Å²) in [6.07, 6.45) is 0.654. The number of benzene rings is 1. The molecule has 1 aromatic rings. The molecule has 1 aromatic carbocycles. The fraction of sp³-hybridized carbons (Fsp3) is 0.429. The maximum Gasteiger partial charge on any atom is 0.326 e. The minimum atomic E-state index is -0.968. The largest absolute Gasteiger partial charge is 0.480 e. The number of carboxylic acid groups (broad SMARTS) is 1. The first kappa shape index (κ1) is 13.9. The highest BCUT2D eigenvalue weighted by molar-refractivity contribution is 6.31. The SMILES string of the molecule is CC(C)CC(C(=O)O)N1C(=O)Cc2cc(Cl)ccc21. The molecule has 19 heavy (non-hydrogen) atoms. The minimum Gasteiger partial charge on any atom is -0.480 e. The highest BCUT2D eigenvalue weighted by Gasteiger charge is 2.37. The molecule has 1 heterocycles. The Bertz CT molecular complexity index is 527. The van der Waals surface area contributed by atoms with Crippen molar-refractivity contribution in [2.24, 2.45) is 5.92 Å². The van der Waals surface area contributed by atoms with E-state index in [-0.39, 0.29) is 18.2 Å².